The molecule has 2 aromatic rings. The average Bonchev–Trinajstić information content (AvgIpc) is 2.89. The van der Waals surface area contributed by atoms with Gasteiger partial charge in [0.15, 0.2) is 0 Å². The van der Waals surface area contributed by atoms with Crippen molar-refractivity contribution < 1.29 is 4.74 Å². The van der Waals surface area contributed by atoms with Crippen molar-refractivity contribution in [3.05, 3.63) is 53.0 Å². The van der Waals surface area contributed by atoms with Gasteiger partial charge in [-0.2, -0.15) is 0 Å². The molecule has 90 valence electrons. The molecule has 0 amide bonds. The van der Waals surface area contributed by atoms with Crippen LogP contribution >= 0.6 is 11.5 Å². The van der Waals surface area contributed by atoms with E-state index in [0.29, 0.717) is 13.2 Å². The summed E-state index contributed by atoms with van der Waals surface area (Å²) in [6.45, 7) is 1.32. The fourth-order valence-corrected chi connectivity index (χ4v) is 2.15. The highest BCUT2D eigenvalue weighted by Gasteiger charge is 2.07. The monoisotopic (exact) mass is 248 g/mol. The van der Waals surface area contributed by atoms with Crippen molar-refractivity contribution in [2.24, 2.45) is 5.73 Å². The smallest absolute Gasteiger partial charge is 0.0716 e. The highest BCUT2D eigenvalue weighted by Crippen LogP contribution is 2.17. The van der Waals surface area contributed by atoms with E-state index in [1.807, 2.05) is 24.3 Å². The van der Waals surface area contributed by atoms with Crippen LogP contribution in [0.2, 0.25) is 0 Å². The van der Waals surface area contributed by atoms with Crippen molar-refractivity contribution in [2.45, 2.75) is 19.1 Å². The van der Waals surface area contributed by atoms with Crippen LogP contribution in [0.4, 0.5) is 0 Å². The third-order valence-corrected chi connectivity index (χ3v) is 3.38. The van der Waals surface area contributed by atoms with E-state index < -0.39 is 0 Å². The van der Waals surface area contributed by atoms with E-state index in [0.717, 1.165) is 11.3 Å². The van der Waals surface area contributed by atoms with Crippen LogP contribution in [0.1, 0.15) is 22.9 Å². The van der Waals surface area contributed by atoms with Crippen LogP contribution in [0.15, 0.2) is 42.6 Å². The SMILES string of the molecule is NC(CCOCc1ccccc1)c1ccns1. The van der Waals surface area contributed by atoms with Crippen molar-refractivity contribution in [1.29, 1.82) is 0 Å². The average molecular weight is 248 g/mol. The first-order chi connectivity index (χ1) is 8.36. The van der Waals surface area contributed by atoms with Gasteiger partial charge >= 0.3 is 0 Å². The summed E-state index contributed by atoms with van der Waals surface area (Å²) in [5, 5.41) is 0. The lowest BCUT2D eigenvalue weighted by Crippen LogP contribution is -2.11. The van der Waals surface area contributed by atoms with E-state index in [9.17, 15) is 0 Å². The van der Waals surface area contributed by atoms with Gasteiger partial charge in [0, 0.05) is 23.7 Å². The van der Waals surface area contributed by atoms with Crippen LogP contribution in [0.5, 0.6) is 0 Å². The Morgan fingerprint density at radius 2 is 2.06 bits per heavy atom. The molecule has 0 aliphatic heterocycles. The van der Waals surface area contributed by atoms with Gasteiger partial charge in [0.25, 0.3) is 0 Å². The molecule has 0 aliphatic rings. The molecule has 1 aromatic heterocycles. The van der Waals surface area contributed by atoms with Crippen molar-refractivity contribution >= 4 is 11.5 Å². The summed E-state index contributed by atoms with van der Waals surface area (Å²) in [6.07, 6.45) is 2.61. The number of ether oxygens (including phenoxy) is 1. The Morgan fingerprint density at radius 1 is 1.24 bits per heavy atom. The number of hydrogen-bond acceptors (Lipinski definition) is 4. The van der Waals surface area contributed by atoms with Crippen LogP contribution in [0.3, 0.4) is 0 Å². The molecule has 17 heavy (non-hydrogen) atoms. The lowest BCUT2D eigenvalue weighted by atomic mass is 10.2. The van der Waals surface area contributed by atoms with E-state index in [4.69, 9.17) is 10.5 Å². The van der Waals surface area contributed by atoms with Gasteiger partial charge in [-0.25, -0.2) is 4.37 Å². The van der Waals surface area contributed by atoms with E-state index >= 15 is 0 Å². The van der Waals surface area contributed by atoms with E-state index in [1.54, 1.807) is 6.20 Å². The topological polar surface area (TPSA) is 48.1 Å². The highest BCUT2D eigenvalue weighted by molar-refractivity contribution is 7.05. The molecule has 0 radical (unpaired) electrons. The first kappa shape index (κ1) is 12.2. The maximum Gasteiger partial charge on any atom is 0.0716 e. The second-order valence-corrected chi connectivity index (χ2v) is 4.71. The molecule has 3 nitrogen and oxygen atoms in total. The quantitative estimate of drug-likeness (QED) is 0.800. The molecular weight excluding hydrogens is 232 g/mol. The van der Waals surface area contributed by atoms with E-state index in [-0.39, 0.29) is 6.04 Å². The Balaban J connectivity index is 1.67. The molecule has 1 unspecified atom stereocenters. The summed E-state index contributed by atoms with van der Waals surface area (Å²) >= 11 is 1.45. The molecular formula is C13H16N2OS. The molecule has 0 spiro atoms. The van der Waals surface area contributed by atoms with Crippen LogP contribution in [-0.2, 0) is 11.3 Å². The molecule has 2 N–H and O–H groups in total. The number of nitrogens with two attached hydrogens (primary N) is 1. The zero-order valence-corrected chi connectivity index (χ0v) is 10.4. The minimum absolute atomic E-state index is 0.0401. The zero-order valence-electron chi connectivity index (χ0n) is 9.58. The van der Waals surface area contributed by atoms with Gasteiger partial charge < -0.3 is 10.5 Å². The lowest BCUT2D eigenvalue weighted by Gasteiger charge is -2.09. The molecule has 1 atom stereocenters. The fourth-order valence-electron chi connectivity index (χ4n) is 1.53. The Bertz CT molecular complexity index is 416. The summed E-state index contributed by atoms with van der Waals surface area (Å²) < 4.78 is 9.63. The maximum absolute atomic E-state index is 6.01. The van der Waals surface area contributed by atoms with Crippen LogP contribution < -0.4 is 5.73 Å². The number of rotatable bonds is 6. The van der Waals surface area contributed by atoms with Crippen molar-refractivity contribution in [3.8, 4) is 0 Å². The molecule has 0 saturated heterocycles. The van der Waals surface area contributed by atoms with Crippen molar-refractivity contribution in [2.75, 3.05) is 6.61 Å². The molecule has 0 aliphatic carbocycles. The maximum atomic E-state index is 6.01. The van der Waals surface area contributed by atoms with Gasteiger partial charge in [-0.05, 0) is 29.6 Å². The van der Waals surface area contributed by atoms with Crippen molar-refractivity contribution in [1.82, 2.24) is 4.37 Å². The summed E-state index contributed by atoms with van der Waals surface area (Å²) in [5.74, 6) is 0. The Labute approximate surface area is 105 Å². The fraction of sp³-hybridized carbons (Fsp3) is 0.308. The Kier molecular flexibility index (Phi) is 4.67. The summed E-state index contributed by atoms with van der Waals surface area (Å²) in [5.41, 5.74) is 7.20. The molecule has 1 heterocycles. The minimum Gasteiger partial charge on any atom is -0.377 e. The second-order valence-electron chi connectivity index (χ2n) is 3.85. The van der Waals surface area contributed by atoms with E-state index in [1.165, 1.54) is 17.1 Å². The van der Waals surface area contributed by atoms with Gasteiger partial charge in [-0.1, -0.05) is 30.3 Å². The third-order valence-electron chi connectivity index (χ3n) is 2.51. The van der Waals surface area contributed by atoms with Crippen LogP contribution in [0.25, 0.3) is 0 Å². The largest absolute Gasteiger partial charge is 0.377 e. The third kappa shape index (κ3) is 3.93. The predicted molar refractivity (Wildman–Crippen MR) is 69.8 cm³/mol. The molecule has 4 heteroatoms. The number of aromatic nitrogens is 1. The standard InChI is InChI=1S/C13H16N2OS/c14-12(13-6-8-15-17-13)7-9-16-10-11-4-2-1-3-5-11/h1-6,8,12H,7,9-10,14H2. The van der Waals surface area contributed by atoms with Crippen LogP contribution in [0, 0.1) is 0 Å². The summed E-state index contributed by atoms with van der Waals surface area (Å²) in [6, 6.07) is 12.2. The normalized spacial score (nSPS) is 12.5. The second kappa shape index (κ2) is 6.49. The molecule has 2 rings (SSSR count). The number of hydrogen-bond donors (Lipinski definition) is 1. The Morgan fingerprint density at radius 3 is 2.76 bits per heavy atom. The van der Waals surface area contributed by atoms with Gasteiger partial charge in [0.1, 0.15) is 0 Å². The molecule has 1 aromatic carbocycles. The van der Waals surface area contributed by atoms with Gasteiger partial charge in [-0.15, -0.1) is 0 Å². The highest BCUT2D eigenvalue weighted by atomic mass is 32.1. The zero-order chi connectivity index (χ0) is 11.9. The molecule has 0 bridgehead atoms. The van der Waals surface area contributed by atoms with Gasteiger partial charge in [0.05, 0.1) is 6.61 Å². The summed E-state index contributed by atoms with van der Waals surface area (Å²) in [4.78, 5) is 1.12. The summed E-state index contributed by atoms with van der Waals surface area (Å²) in [7, 11) is 0. The van der Waals surface area contributed by atoms with Crippen LogP contribution in [-0.4, -0.2) is 11.0 Å². The lowest BCUT2D eigenvalue weighted by molar-refractivity contribution is 0.114. The Hall–Kier alpha value is -1.23. The first-order valence-electron chi connectivity index (χ1n) is 5.64. The molecule has 0 saturated carbocycles. The minimum atomic E-state index is 0.0401. The first-order valence-corrected chi connectivity index (χ1v) is 6.41. The van der Waals surface area contributed by atoms with Gasteiger partial charge in [0.2, 0.25) is 0 Å². The van der Waals surface area contributed by atoms with Crippen molar-refractivity contribution in [3.63, 3.8) is 0 Å². The number of benzene rings is 1. The van der Waals surface area contributed by atoms with Gasteiger partial charge in [-0.3, -0.25) is 0 Å². The predicted octanol–water partition coefficient (Wildman–Crippen LogP) is 2.75. The number of nitrogens with zero attached hydrogens (tertiary/aromatic N) is 1. The molecule has 0 fully saturated rings. The van der Waals surface area contributed by atoms with E-state index in [2.05, 4.69) is 16.5 Å².